The summed E-state index contributed by atoms with van der Waals surface area (Å²) in [5.74, 6) is 0.476. The number of thioether (sulfide) groups is 1. The number of benzene rings is 1. The minimum absolute atomic E-state index is 0.307. The fourth-order valence-electron chi connectivity index (χ4n) is 2.20. The first kappa shape index (κ1) is 16.7. The number of carbonyl (C=O) groups is 2. The Labute approximate surface area is 134 Å². The fourth-order valence-corrected chi connectivity index (χ4v) is 3.53. The van der Waals surface area contributed by atoms with Crippen molar-refractivity contribution < 1.29 is 19.4 Å². The van der Waals surface area contributed by atoms with Crippen molar-refractivity contribution in [2.45, 2.75) is 38.3 Å². The van der Waals surface area contributed by atoms with Gasteiger partial charge >= 0.3 is 5.97 Å². The molecule has 2 rings (SSSR count). The largest absolute Gasteiger partial charge is 0.488 e. The van der Waals surface area contributed by atoms with Crippen molar-refractivity contribution in [2.24, 2.45) is 0 Å². The van der Waals surface area contributed by atoms with Gasteiger partial charge in [-0.3, -0.25) is 4.79 Å². The highest BCUT2D eigenvalue weighted by Gasteiger charge is 2.43. The fraction of sp³-hybridized carbons (Fsp3) is 0.500. The lowest BCUT2D eigenvalue weighted by molar-refractivity contribution is -0.143. The van der Waals surface area contributed by atoms with E-state index in [0.717, 1.165) is 5.75 Å². The summed E-state index contributed by atoms with van der Waals surface area (Å²) in [6, 6.07) is 6.73. The van der Waals surface area contributed by atoms with Crippen LogP contribution in [0.1, 0.15) is 37.6 Å². The molecular formula is C16H21NO4S. The Morgan fingerprint density at radius 3 is 2.36 bits per heavy atom. The number of amides is 1. The van der Waals surface area contributed by atoms with Crippen LogP contribution in [-0.4, -0.2) is 39.6 Å². The van der Waals surface area contributed by atoms with Gasteiger partial charge in [0.1, 0.15) is 16.9 Å². The Morgan fingerprint density at radius 2 is 1.91 bits per heavy atom. The normalized spacial score (nSPS) is 21.4. The third-order valence-corrected chi connectivity index (χ3v) is 4.51. The zero-order valence-corrected chi connectivity index (χ0v) is 13.8. The summed E-state index contributed by atoms with van der Waals surface area (Å²) in [6.45, 7) is 5.84. The van der Waals surface area contributed by atoms with E-state index in [1.165, 1.54) is 11.8 Å². The van der Waals surface area contributed by atoms with Crippen molar-refractivity contribution in [3.63, 3.8) is 0 Å². The molecule has 1 heterocycles. The van der Waals surface area contributed by atoms with Gasteiger partial charge in [0.25, 0.3) is 5.91 Å². The molecule has 1 atom stereocenters. The van der Waals surface area contributed by atoms with Crippen LogP contribution in [0.25, 0.3) is 0 Å². The highest BCUT2D eigenvalue weighted by Crippen LogP contribution is 2.29. The van der Waals surface area contributed by atoms with E-state index >= 15 is 0 Å². The molecule has 6 heteroatoms. The second-order valence-electron chi connectivity index (χ2n) is 6.38. The van der Waals surface area contributed by atoms with E-state index in [1.807, 2.05) is 20.8 Å². The van der Waals surface area contributed by atoms with Gasteiger partial charge < -0.3 is 15.2 Å². The Morgan fingerprint density at radius 1 is 1.27 bits per heavy atom. The number of carbonyl (C=O) groups excluding carboxylic acids is 1. The lowest BCUT2D eigenvalue weighted by Gasteiger charge is -2.25. The number of carboxylic acid groups (broad SMARTS) is 1. The van der Waals surface area contributed by atoms with E-state index < -0.39 is 11.5 Å². The van der Waals surface area contributed by atoms with Gasteiger partial charge in [0.2, 0.25) is 0 Å². The molecule has 1 fully saturated rings. The number of ether oxygens (including phenoxy) is 1. The first-order valence-corrected chi connectivity index (χ1v) is 8.30. The number of hydrogen-bond acceptors (Lipinski definition) is 4. The summed E-state index contributed by atoms with van der Waals surface area (Å²) in [5, 5.41) is 12.1. The molecule has 1 amide bonds. The maximum absolute atomic E-state index is 12.3. The smallest absolute Gasteiger partial charge is 0.330 e. The van der Waals surface area contributed by atoms with E-state index in [0.29, 0.717) is 23.5 Å². The number of rotatable bonds is 4. The van der Waals surface area contributed by atoms with E-state index in [2.05, 4.69) is 5.32 Å². The molecule has 0 bridgehead atoms. The van der Waals surface area contributed by atoms with Crippen LogP contribution in [0.3, 0.4) is 0 Å². The topological polar surface area (TPSA) is 75.6 Å². The highest BCUT2D eigenvalue weighted by molar-refractivity contribution is 7.99. The Balaban J connectivity index is 2.08. The summed E-state index contributed by atoms with van der Waals surface area (Å²) in [5.41, 5.74) is -1.03. The van der Waals surface area contributed by atoms with Crippen molar-refractivity contribution in [3.8, 4) is 5.75 Å². The Kier molecular flexibility index (Phi) is 4.70. The Bertz CT molecular complexity index is 557. The molecule has 120 valence electrons. The molecule has 1 unspecified atom stereocenters. The SMILES string of the molecule is CC(C)(C)Oc1ccc(C(=O)NC2(C(=O)O)CCSC2)cc1. The predicted molar refractivity (Wildman–Crippen MR) is 86.6 cm³/mol. The lowest BCUT2D eigenvalue weighted by Crippen LogP contribution is -2.54. The van der Waals surface area contributed by atoms with Gasteiger partial charge in [0.05, 0.1) is 0 Å². The lowest BCUT2D eigenvalue weighted by atomic mass is 9.98. The molecule has 5 nitrogen and oxygen atoms in total. The van der Waals surface area contributed by atoms with Crippen LogP contribution in [0.4, 0.5) is 0 Å². The average Bonchev–Trinajstić information content (AvgIpc) is 2.87. The van der Waals surface area contributed by atoms with Crippen molar-refractivity contribution in [1.82, 2.24) is 5.32 Å². The van der Waals surface area contributed by atoms with E-state index in [-0.39, 0.29) is 11.5 Å². The quantitative estimate of drug-likeness (QED) is 0.890. The average molecular weight is 323 g/mol. The van der Waals surface area contributed by atoms with Gasteiger partial charge in [-0.15, -0.1) is 0 Å². The van der Waals surface area contributed by atoms with Crippen LogP contribution in [0.2, 0.25) is 0 Å². The number of nitrogens with one attached hydrogen (secondary N) is 1. The molecule has 1 aliphatic heterocycles. The minimum Gasteiger partial charge on any atom is -0.488 e. The molecular weight excluding hydrogens is 302 g/mol. The summed E-state index contributed by atoms with van der Waals surface area (Å²) in [4.78, 5) is 23.7. The molecule has 1 saturated heterocycles. The maximum Gasteiger partial charge on any atom is 0.330 e. The van der Waals surface area contributed by atoms with Crippen LogP contribution in [0.15, 0.2) is 24.3 Å². The maximum atomic E-state index is 12.3. The predicted octanol–water partition coefficient (Wildman–Crippen LogP) is 2.55. The zero-order chi connectivity index (χ0) is 16.4. The molecule has 22 heavy (non-hydrogen) atoms. The molecule has 0 aromatic heterocycles. The van der Waals surface area contributed by atoms with Crippen molar-refractivity contribution in [3.05, 3.63) is 29.8 Å². The number of hydrogen-bond donors (Lipinski definition) is 2. The van der Waals surface area contributed by atoms with Crippen molar-refractivity contribution in [2.75, 3.05) is 11.5 Å². The van der Waals surface area contributed by atoms with Crippen LogP contribution < -0.4 is 10.1 Å². The van der Waals surface area contributed by atoms with E-state index in [4.69, 9.17) is 4.74 Å². The first-order chi connectivity index (χ1) is 10.2. The number of aliphatic carboxylic acids is 1. The standard InChI is InChI=1S/C16H21NO4S/c1-15(2,3)21-12-6-4-11(5-7-12)13(18)17-16(14(19)20)8-9-22-10-16/h4-7H,8-10H2,1-3H3,(H,17,18)(H,19,20). The second kappa shape index (κ2) is 6.20. The molecule has 0 radical (unpaired) electrons. The Hall–Kier alpha value is -1.69. The van der Waals surface area contributed by atoms with Crippen LogP contribution >= 0.6 is 11.8 Å². The molecule has 2 N–H and O–H groups in total. The monoisotopic (exact) mass is 323 g/mol. The molecule has 0 spiro atoms. The van der Waals surface area contributed by atoms with Gasteiger partial charge in [0, 0.05) is 11.3 Å². The molecule has 1 aromatic rings. The van der Waals surface area contributed by atoms with E-state index in [1.54, 1.807) is 24.3 Å². The van der Waals surface area contributed by atoms with Gasteiger partial charge in [-0.05, 0) is 57.2 Å². The third kappa shape index (κ3) is 3.94. The van der Waals surface area contributed by atoms with Crippen molar-refractivity contribution >= 4 is 23.6 Å². The minimum atomic E-state index is -1.15. The molecule has 1 aliphatic rings. The van der Waals surface area contributed by atoms with Gasteiger partial charge in [0.15, 0.2) is 0 Å². The highest BCUT2D eigenvalue weighted by atomic mass is 32.2. The zero-order valence-electron chi connectivity index (χ0n) is 13.0. The summed E-state index contributed by atoms with van der Waals surface area (Å²) < 4.78 is 5.70. The first-order valence-electron chi connectivity index (χ1n) is 7.15. The summed E-state index contributed by atoms with van der Waals surface area (Å²) in [7, 11) is 0. The van der Waals surface area contributed by atoms with Gasteiger partial charge in [-0.25, -0.2) is 4.79 Å². The van der Waals surface area contributed by atoms with Crippen molar-refractivity contribution in [1.29, 1.82) is 0 Å². The summed E-state index contributed by atoms with van der Waals surface area (Å²) >= 11 is 1.54. The molecule has 0 saturated carbocycles. The van der Waals surface area contributed by atoms with Crippen LogP contribution in [-0.2, 0) is 4.79 Å². The third-order valence-electron chi connectivity index (χ3n) is 3.32. The van der Waals surface area contributed by atoms with Crippen LogP contribution in [0.5, 0.6) is 5.75 Å². The molecule has 1 aromatic carbocycles. The van der Waals surface area contributed by atoms with Crippen LogP contribution in [0, 0.1) is 0 Å². The van der Waals surface area contributed by atoms with E-state index in [9.17, 15) is 14.7 Å². The van der Waals surface area contributed by atoms with Gasteiger partial charge in [-0.2, -0.15) is 11.8 Å². The van der Waals surface area contributed by atoms with Gasteiger partial charge in [-0.1, -0.05) is 0 Å². The molecule has 0 aliphatic carbocycles. The summed E-state index contributed by atoms with van der Waals surface area (Å²) in [6.07, 6.45) is 0.448. The number of carboxylic acids is 1. The second-order valence-corrected chi connectivity index (χ2v) is 7.49.